The van der Waals surface area contributed by atoms with Gasteiger partial charge in [0.1, 0.15) is 0 Å². The van der Waals surface area contributed by atoms with Gasteiger partial charge in [-0.15, -0.1) is 0 Å². The largest absolute Gasteiger partial charge is 0.379 e. The number of nitrogens with one attached hydrogen (secondary N) is 2. The molecule has 1 aromatic heterocycles. The van der Waals surface area contributed by atoms with E-state index in [1.807, 2.05) is 0 Å². The Hall–Kier alpha value is -1.81. The van der Waals surface area contributed by atoms with Crippen molar-refractivity contribution in [3.05, 3.63) is 47.3 Å². The van der Waals surface area contributed by atoms with Crippen LogP contribution in [0.2, 0.25) is 0 Å². The number of rotatable bonds is 4. The fourth-order valence-corrected chi connectivity index (χ4v) is 3.04. The predicted molar refractivity (Wildman–Crippen MR) is 86.4 cm³/mol. The van der Waals surface area contributed by atoms with Gasteiger partial charge in [0.05, 0.1) is 17.1 Å². The van der Waals surface area contributed by atoms with Crippen LogP contribution in [0.3, 0.4) is 0 Å². The Kier molecular flexibility index (Phi) is 4.25. The maximum Gasteiger partial charge on any atom is 0.0825 e. The van der Waals surface area contributed by atoms with E-state index in [1.165, 1.54) is 24.1 Å². The highest BCUT2D eigenvalue weighted by Crippen LogP contribution is 2.22. The molecule has 4 heteroatoms. The van der Waals surface area contributed by atoms with Crippen molar-refractivity contribution in [2.75, 3.05) is 18.4 Å². The molecule has 1 aromatic carbocycles. The third-order valence-electron chi connectivity index (χ3n) is 4.31. The summed E-state index contributed by atoms with van der Waals surface area (Å²) >= 11 is 0. The number of aryl methyl sites for hydroxylation is 2. The number of hydrogen-bond donors (Lipinski definition) is 2. The summed E-state index contributed by atoms with van der Waals surface area (Å²) in [6.07, 6.45) is 2.38. The van der Waals surface area contributed by atoms with Crippen molar-refractivity contribution in [3.8, 4) is 0 Å². The lowest BCUT2D eigenvalue weighted by molar-refractivity contribution is 0.211. The second-order valence-electron chi connectivity index (χ2n) is 5.99. The SMILES string of the molecule is Cc1n[nH]c(C)c1NC1CCN(Cc2ccccc2)CC1. The lowest BCUT2D eigenvalue weighted by Crippen LogP contribution is -2.38. The van der Waals surface area contributed by atoms with Gasteiger partial charge in [0.15, 0.2) is 0 Å². The van der Waals surface area contributed by atoms with Crippen LogP contribution in [0.5, 0.6) is 0 Å². The molecular formula is C17H24N4. The molecule has 1 aliphatic rings. The van der Waals surface area contributed by atoms with E-state index < -0.39 is 0 Å². The van der Waals surface area contributed by atoms with E-state index in [2.05, 4.69) is 64.6 Å². The third-order valence-corrected chi connectivity index (χ3v) is 4.31. The van der Waals surface area contributed by atoms with E-state index in [0.29, 0.717) is 6.04 Å². The van der Waals surface area contributed by atoms with E-state index in [-0.39, 0.29) is 0 Å². The summed E-state index contributed by atoms with van der Waals surface area (Å²) in [4.78, 5) is 2.54. The Bertz CT molecular complexity index is 548. The molecule has 2 aromatic rings. The van der Waals surface area contributed by atoms with Gasteiger partial charge in [-0.3, -0.25) is 10.00 Å². The highest BCUT2D eigenvalue weighted by molar-refractivity contribution is 5.52. The fraction of sp³-hybridized carbons (Fsp3) is 0.471. The molecular weight excluding hydrogens is 260 g/mol. The van der Waals surface area contributed by atoms with Gasteiger partial charge in [-0.05, 0) is 32.3 Å². The summed E-state index contributed by atoms with van der Waals surface area (Å²) in [7, 11) is 0. The van der Waals surface area contributed by atoms with Gasteiger partial charge in [0, 0.05) is 25.7 Å². The number of piperidine rings is 1. The first-order valence-corrected chi connectivity index (χ1v) is 7.77. The molecule has 0 unspecified atom stereocenters. The zero-order chi connectivity index (χ0) is 14.7. The smallest absolute Gasteiger partial charge is 0.0825 e. The minimum absolute atomic E-state index is 0.562. The van der Waals surface area contributed by atoms with Gasteiger partial charge < -0.3 is 5.32 Å². The highest BCUT2D eigenvalue weighted by atomic mass is 15.2. The monoisotopic (exact) mass is 284 g/mol. The Balaban J connectivity index is 1.51. The number of anilines is 1. The standard InChI is InChI=1S/C17H24N4/c1-13-17(14(2)20-19-13)18-16-8-10-21(11-9-16)12-15-6-4-3-5-7-15/h3-7,16,18H,8-12H2,1-2H3,(H,19,20). The van der Waals surface area contributed by atoms with Crippen LogP contribution in [-0.4, -0.2) is 34.2 Å². The average Bonchev–Trinajstić information content (AvgIpc) is 2.82. The molecule has 1 aliphatic heterocycles. The van der Waals surface area contributed by atoms with Crippen LogP contribution in [0.25, 0.3) is 0 Å². The molecule has 0 radical (unpaired) electrons. The Morgan fingerprint density at radius 1 is 1.19 bits per heavy atom. The number of H-pyrrole nitrogens is 1. The minimum Gasteiger partial charge on any atom is -0.379 e. The maximum absolute atomic E-state index is 4.25. The Morgan fingerprint density at radius 3 is 2.52 bits per heavy atom. The lowest BCUT2D eigenvalue weighted by Gasteiger charge is -2.33. The van der Waals surface area contributed by atoms with Gasteiger partial charge >= 0.3 is 0 Å². The van der Waals surface area contributed by atoms with Crippen LogP contribution in [0.4, 0.5) is 5.69 Å². The van der Waals surface area contributed by atoms with Crippen LogP contribution in [0, 0.1) is 13.8 Å². The van der Waals surface area contributed by atoms with E-state index >= 15 is 0 Å². The van der Waals surface area contributed by atoms with Crippen LogP contribution >= 0.6 is 0 Å². The molecule has 2 N–H and O–H groups in total. The quantitative estimate of drug-likeness (QED) is 0.906. The van der Waals surface area contributed by atoms with Crippen LogP contribution in [-0.2, 0) is 6.54 Å². The van der Waals surface area contributed by atoms with Gasteiger partial charge in [-0.2, -0.15) is 5.10 Å². The van der Waals surface area contributed by atoms with Crippen LogP contribution in [0.15, 0.2) is 30.3 Å². The first-order valence-electron chi connectivity index (χ1n) is 7.77. The number of hydrogen-bond acceptors (Lipinski definition) is 3. The van der Waals surface area contributed by atoms with Crippen LogP contribution in [0.1, 0.15) is 29.8 Å². The number of nitrogens with zero attached hydrogens (tertiary/aromatic N) is 2. The first kappa shape index (κ1) is 14.1. The number of aromatic nitrogens is 2. The van der Waals surface area contributed by atoms with Gasteiger partial charge in [-0.25, -0.2) is 0 Å². The summed E-state index contributed by atoms with van der Waals surface area (Å²) in [5, 5.41) is 11.0. The average molecular weight is 284 g/mol. The Labute approximate surface area is 126 Å². The molecule has 2 heterocycles. The van der Waals surface area contributed by atoms with Gasteiger partial charge in [0.25, 0.3) is 0 Å². The van der Waals surface area contributed by atoms with Gasteiger partial charge in [0.2, 0.25) is 0 Å². The summed E-state index contributed by atoms with van der Waals surface area (Å²) in [6.45, 7) is 7.51. The van der Waals surface area contributed by atoms with Crippen molar-refractivity contribution < 1.29 is 0 Å². The van der Waals surface area contributed by atoms with E-state index in [1.54, 1.807) is 0 Å². The Morgan fingerprint density at radius 2 is 1.90 bits per heavy atom. The second kappa shape index (κ2) is 6.31. The number of likely N-dealkylation sites (tertiary alicyclic amines) is 1. The topological polar surface area (TPSA) is 44.0 Å². The number of benzene rings is 1. The minimum atomic E-state index is 0.562. The molecule has 0 spiro atoms. The van der Waals surface area contributed by atoms with Gasteiger partial charge in [-0.1, -0.05) is 30.3 Å². The van der Waals surface area contributed by atoms with Crippen LogP contribution < -0.4 is 5.32 Å². The predicted octanol–water partition coefficient (Wildman–Crippen LogP) is 3.10. The normalized spacial score (nSPS) is 17.0. The molecule has 1 fully saturated rings. The molecule has 112 valence electrons. The molecule has 3 rings (SSSR count). The molecule has 0 saturated carbocycles. The van der Waals surface area contributed by atoms with E-state index in [0.717, 1.165) is 31.0 Å². The first-order chi connectivity index (χ1) is 10.2. The molecule has 1 saturated heterocycles. The van der Waals surface area contributed by atoms with Crippen molar-refractivity contribution in [1.29, 1.82) is 0 Å². The summed E-state index contributed by atoms with van der Waals surface area (Å²) in [6, 6.07) is 11.3. The molecule has 21 heavy (non-hydrogen) atoms. The van der Waals surface area contributed by atoms with Crippen molar-refractivity contribution in [3.63, 3.8) is 0 Å². The summed E-state index contributed by atoms with van der Waals surface area (Å²) in [5.74, 6) is 0. The van der Waals surface area contributed by atoms with Crippen molar-refractivity contribution >= 4 is 5.69 Å². The highest BCUT2D eigenvalue weighted by Gasteiger charge is 2.20. The molecule has 0 bridgehead atoms. The lowest BCUT2D eigenvalue weighted by atomic mass is 10.0. The van der Waals surface area contributed by atoms with E-state index in [9.17, 15) is 0 Å². The number of aromatic amines is 1. The fourth-order valence-electron chi connectivity index (χ4n) is 3.04. The molecule has 4 nitrogen and oxygen atoms in total. The molecule has 0 amide bonds. The molecule has 0 aliphatic carbocycles. The third kappa shape index (κ3) is 3.45. The maximum atomic E-state index is 4.25. The summed E-state index contributed by atoms with van der Waals surface area (Å²) in [5.41, 5.74) is 4.81. The van der Waals surface area contributed by atoms with Crippen molar-refractivity contribution in [2.24, 2.45) is 0 Å². The zero-order valence-corrected chi connectivity index (χ0v) is 12.9. The second-order valence-corrected chi connectivity index (χ2v) is 5.99. The van der Waals surface area contributed by atoms with Crippen molar-refractivity contribution in [1.82, 2.24) is 15.1 Å². The summed E-state index contributed by atoms with van der Waals surface area (Å²) < 4.78 is 0. The van der Waals surface area contributed by atoms with E-state index in [4.69, 9.17) is 0 Å². The van der Waals surface area contributed by atoms with Crippen molar-refractivity contribution in [2.45, 2.75) is 39.3 Å². The molecule has 0 atom stereocenters. The zero-order valence-electron chi connectivity index (χ0n) is 12.9.